The first kappa shape index (κ1) is 32.8. The Morgan fingerprint density at radius 2 is 1.12 bits per heavy atom. The number of rotatable bonds is 4. The maximum atomic E-state index is 6.76. The van der Waals surface area contributed by atoms with Gasteiger partial charge in [0.05, 0.1) is 22.3 Å². The van der Waals surface area contributed by atoms with Gasteiger partial charge in [-0.05, 0) is 75.7 Å². The van der Waals surface area contributed by atoms with E-state index in [1.165, 1.54) is 27.6 Å². The highest BCUT2D eigenvalue weighted by molar-refractivity contribution is 6.06. The molecular weight excluding hydrogens is 707 g/mol. The van der Waals surface area contributed by atoms with Crippen LogP contribution in [0.25, 0.3) is 77.8 Å². The van der Waals surface area contributed by atoms with Crippen molar-refractivity contribution in [2.24, 2.45) is 0 Å². The lowest BCUT2D eigenvalue weighted by atomic mass is 9.64. The Balaban J connectivity index is 1.22. The number of pyridine rings is 1. The number of benzene rings is 7. The summed E-state index contributed by atoms with van der Waals surface area (Å²) < 4.78 is 6.76. The van der Waals surface area contributed by atoms with Gasteiger partial charge in [-0.15, -0.1) is 0 Å². The van der Waals surface area contributed by atoms with E-state index >= 15 is 0 Å². The van der Waals surface area contributed by atoms with Gasteiger partial charge in [-0.1, -0.05) is 158 Å². The molecule has 0 saturated heterocycles. The van der Waals surface area contributed by atoms with Crippen LogP contribution in [0.15, 0.2) is 200 Å². The molecule has 0 saturated carbocycles. The molecule has 4 heteroatoms. The van der Waals surface area contributed by atoms with E-state index in [0.29, 0.717) is 5.82 Å². The minimum Gasteiger partial charge on any atom is -0.457 e. The Morgan fingerprint density at radius 3 is 2.02 bits per heavy atom. The van der Waals surface area contributed by atoms with Gasteiger partial charge in [0.2, 0.25) is 0 Å². The molecule has 0 N–H and O–H groups in total. The molecule has 7 aromatic carbocycles. The topological polar surface area (TPSA) is 47.9 Å². The number of fused-ring (bicyclic) bond motifs is 11. The normalized spacial score (nSPS) is 16.2. The van der Waals surface area contributed by atoms with Gasteiger partial charge in [-0.3, -0.25) is 4.98 Å². The molecule has 3 aliphatic rings. The van der Waals surface area contributed by atoms with Crippen molar-refractivity contribution in [3.63, 3.8) is 0 Å². The molecule has 1 aliphatic heterocycles. The number of para-hydroxylation sites is 2. The summed E-state index contributed by atoms with van der Waals surface area (Å²) in [5, 5.41) is 3.44. The third-order valence-corrected chi connectivity index (χ3v) is 12.2. The van der Waals surface area contributed by atoms with Crippen molar-refractivity contribution in [3.8, 4) is 61.9 Å². The van der Waals surface area contributed by atoms with Gasteiger partial charge in [0.15, 0.2) is 5.82 Å². The molecular formula is C54H35N3O. The molecule has 2 aromatic heterocycles. The fraction of sp³-hybridized carbons (Fsp3) is 0.0556. The average molecular weight is 742 g/mol. The first-order valence-corrected chi connectivity index (χ1v) is 20.0. The molecule has 272 valence electrons. The van der Waals surface area contributed by atoms with Crippen LogP contribution in [0.1, 0.15) is 29.5 Å². The summed E-state index contributed by atoms with van der Waals surface area (Å²) in [7, 11) is 0. The number of hydrogen-bond acceptors (Lipinski definition) is 4. The van der Waals surface area contributed by atoms with Crippen LogP contribution in [-0.4, -0.2) is 15.0 Å². The van der Waals surface area contributed by atoms with Gasteiger partial charge in [0.25, 0.3) is 0 Å². The van der Waals surface area contributed by atoms with Crippen LogP contribution in [0.2, 0.25) is 0 Å². The molecule has 58 heavy (non-hydrogen) atoms. The molecule has 12 rings (SSSR count). The summed E-state index contributed by atoms with van der Waals surface area (Å²) in [5.74, 6) is 2.51. The molecule has 4 nitrogen and oxygen atoms in total. The van der Waals surface area contributed by atoms with E-state index < -0.39 is 5.41 Å². The van der Waals surface area contributed by atoms with Crippen LogP contribution >= 0.6 is 0 Å². The number of aromatic nitrogens is 3. The summed E-state index contributed by atoms with van der Waals surface area (Å²) in [6.45, 7) is 0. The van der Waals surface area contributed by atoms with Crippen LogP contribution in [0.3, 0.4) is 0 Å². The third-order valence-electron chi connectivity index (χ3n) is 12.2. The lowest BCUT2D eigenvalue weighted by molar-refractivity contribution is 0.383. The molecule has 3 heterocycles. The van der Waals surface area contributed by atoms with Crippen LogP contribution in [0.5, 0.6) is 5.75 Å². The number of hydrogen-bond donors (Lipinski definition) is 0. The highest BCUT2D eigenvalue weighted by Crippen LogP contribution is 2.65. The van der Waals surface area contributed by atoms with Gasteiger partial charge in [-0.25, -0.2) is 9.97 Å². The van der Waals surface area contributed by atoms with Crippen molar-refractivity contribution >= 4 is 21.7 Å². The summed E-state index contributed by atoms with van der Waals surface area (Å²) in [6.07, 6.45) is 8.46. The maximum absolute atomic E-state index is 6.76. The second kappa shape index (κ2) is 12.8. The van der Waals surface area contributed by atoms with Crippen molar-refractivity contribution in [1.29, 1.82) is 0 Å². The highest BCUT2D eigenvalue weighted by Gasteiger charge is 2.54. The van der Waals surface area contributed by atoms with Gasteiger partial charge in [-0.2, -0.15) is 0 Å². The zero-order valence-electron chi connectivity index (χ0n) is 31.6. The minimum absolute atomic E-state index is 0.634. The zero-order chi connectivity index (χ0) is 38.2. The monoisotopic (exact) mass is 741 g/mol. The third kappa shape index (κ3) is 4.72. The van der Waals surface area contributed by atoms with Crippen LogP contribution in [0, 0.1) is 0 Å². The van der Waals surface area contributed by atoms with E-state index in [1.54, 1.807) is 0 Å². The highest BCUT2D eigenvalue weighted by atomic mass is 16.5. The Kier molecular flexibility index (Phi) is 7.24. The Labute approximate surface area is 336 Å². The minimum atomic E-state index is -0.634. The van der Waals surface area contributed by atoms with Crippen molar-refractivity contribution in [3.05, 3.63) is 216 Å². The molecule has 1 spiro atoms. The van der Waals surface area contributed by atoms with Crippen molar-refractivity contribution < 1.29 is 4.74 Å². The standard InChI is InChI=1S/C54H35N3O/c1-2-16-35(17-3-1)46-33-47(38-22-10-18-34-15-4-5-21-37(34)38)57-53(56-46)41-25-13-29-45-51(41)50-39(40-24-11-19-36-20-14-32-55-52(36)40)23-12-28-44(50)54(45)42-26-6-8-30-48(42)58-49-31-9-7-27-43(49)54/h1-6,8,10-33H,7,9H2. The van der Waals surface area contributed by atoms with E-state index in [1.807, 2.05) is 12.3 Å². The van der Waals surface area contributed by atoms with E-state index in [9.17, 15) is 0 Å². The Hall–Kier alpha value is -7.43. The lowest BCUT2D eigenvalue weighted by Gasteiger charge is -2.42. The molecule has 0 fully saturated rings. The molecule has 1 unspecified atom stereocenters. The molecule has 0 radical (unpaired) electrons. The van der Waals surface area contributed by atoms with E-state index in [2.05, 4.69) is 176 Å². The van der Waals surface area contributed by atoms with Crippen LogP contribution in [-0.2, 0) is 5.41 Å². The predicted molar refractivity (Wildman–Crippen MR) is 234 cm³/mol. The molecule has 2 aliphatic carbocycles. The van der Waals surface area contributed by atoms with Crippen molar-refractivity contribution in [1.82, 2.24) is 15.0 Å². The Morgan fingerprint density at radius 1 is 0.483 bits per heavy atom. The zero-order valence-corrected chi connectivity index (χ0v) is 31.6. The van der Waals surface area contributed by atoms with E-state index in [0.717, 1.165) is 91.0 Å². The van der Waals surface area contributed by atoms with Gasteiger partial charge < -0.3 is 4.74 Å². The fourth-order valence-electron chi connectivity index (χ4n) is 9.85. The second-order valence-electron chi connectivity index (χ2n) is 15.3. The number of allylic oxidation sites excluding steroid dienone is 3. The Bertz CT molecular complexity index is 3210. The van der Waals surface area contributed by atoms with Crippen LogP contribution in [0.4, 0.5) is 0 Å². The summed E-state index contributed by atoms with van der Waals surface area (Å²) >= 11 is 0. The fourth-order valence-corrected chi connectivity index (χ4v) is 9.85. The lowest BCUT2D eigenvalue weighted by Crippen LogP contribution is -2.36. The molecule has 9 aromatic rings. The van der Waals surface area contributed by atoms with Crippen molar-refractivity contribution in [2.75, 3.05) is 0 Å². The van der Waals surface area contributed by atoms with Gasteiger partial charge in [0.1, 0.15) is 11.5 Å². The first-order chi connectivity index (χ1) is 28.8. The van der Waals surface area contributed by atoms with Crippen LogP contribution < -0.4 is 4.74 Å². The number of ether oxygens (including phenoxy) is 1. The quantitative estimate of drug-likeness (QED) is 0.180. The molecule has 0 bridgehead atoms. The summed E-state index contributed by atoms with van der Waals surface area (Å²) in [4.78, 5) is 16.0. The van der Waals surface area contributed by atoms with Crippen molar-refractivity contribution in [2.45, 2.75) is 18.3 Å². The molecule has 1 atom stereocenters. The smallest absolute Gasteiger partial charge is 0.161 e. The van der Waals surface area contributed by atoms with E-state index in [-0.39, 0.29) is 0 Å². The van der Waals surface area contributed by atoms with E-state index in [4.69, 9.17) is 19.7 Å². The van der Waals surface area contributed by atoms with Gasteiger partial charge in [0, 0.05) is 45.0 Å². The average Bonchev–Trinajstić information content (AvgIpc) is 3.60. The number of nitrogens with zero attached hydrogens (tertiary/aromatic N) is 3. The second-order valence-corrected chi connectivity index (χ2v) is 15.3. The predicted octanol–water partition coefficient (Wildman–Crippen LogP) is 13.2. The largest absolute Gasteiger partial charge is 0.457 e. The molecule has 0 amide bonds. The SMILES string of the molecule is C1=C2Oc3ccccc3C3(C2=CCC1)c1cccc(-c2nc(-c4ccccc4)cc(-c4cccc5ccccc45)n2)c1-c1c(-c2cccc4cccnc24)cccc13. The first-order valence-electron chi connectivity index (χ1n) is 20.0. The summed E-state index contributed by atoms with van der Waals surface area (Å²) in [6, 6.07) is 60.4. The maximum Gasteiger partial charge on any atom is 0.161 e. The van der Waals surface area contributed by atoms with Gasteiger partial charge >= 0.3 is 0 Å². The summed E-state index contributed by atoms with van der Waals surface area (Å²) in [5.41, 5.74) is 14.5.